The molecule has 4 heteroatoms. The Morgan fingerprint density at radius 2 is 1.57 bits per heavy atom. The lowest BCUT2D eigenvalue weighted by Gasteiger charge is -2.18. The number of carbonyl (C=O) groups excluding carboxylic acids is 1. The van der Waals surface area contributed by atoms with Gasteiger partial charge in [0.25, 0.3) is 5.91 Å². The molecule has 0 aliphatic carbocycles. The molecule has 1 heterocycles. The first-order valence-corrected chi connectivity index (χ1v) is 10.5. The number of amides is 1. The van der Waals surface area contributed by atoms with Gasteiger partial charge in [-0.3, -0.25) is 9.69 Å². The van der Waals surface area contributed by atoms with Crippen molar-refractivity contribution in [3.8, 4) is 5.75 Å². The van der Waals surface area contributed by atoms with Gasteiger partial charge >= 0.3 is 0 Å². The van der Waals surface area contributed by atoms with Crippen LogP contribution in [0, 0.1) is 0 Å². The van der Waals surface area contributed by atoms with Crippen molar-refractivity contribution in [1.82, 2.24) is 10.2 Å². The molecule has 28 heavy (non-hydrogen) atoms. The Morgan fingerprint density at radius 1 is 0.964 bits per heavy atom. The van der Waals surface area contributed by atoms with E-state index in [0.29, 0.717) is 13.0 Å². The van der Waals surface area contributed by atoms with Gasteiger partial charge in [-0.25, -0.2) is 0 Å². The molecule has 2 aromatic carbocycles. The number of carbonyl (C=O) groups is 1. The fourth-order valence-corrected chi connectivity index (χ4v) is 3.55. The maximum Gasteiger partial charge on any atom is 0.261 e. The Kier molecular flexibility index (Phi) is 7.49. The first-order chi connectivity index (χ1) is 13.7. The van der Waals surface area contributed by atoms with E-state index in [9.17, 15) is 4.79 Å². The molecule has 0 spiro atoms. The second-order valence-corrected chi connectivity index (χ2v) is 7.53. The van der Waals surface area contributed by atoms with Gasteiger partial charge in [-0.2, -0.15) is 0 Å². The van der Waals surface area contributed by atoms with Crippen molar-refractivity contribution in [2.24, 2.45) is 0 Å². The van der Waals surface area contributed by atoms with Gasteiger partial charge in [-0.05, 0) is 67.6 Å². The minimum absolute atomic E-state index is 0.0665. The summed E-state index contributed by atoms with van der Waals surface area (Å²) >= 11 is 0. The highest BCUT2D eigenvalue weighted by Crippen LogP contribution is 2.16. The summed E-state index contributed by atoms with van der Waals surface area (Å²) < 4.78 is 5.89. The predicted octanol–water partition coefficient (Wildman–Crippen LogP) is 4.32. The number of nitrogens with zero attached hydrogens (tertiary/aromatic N) is 1. The molecule has 1 N–H and O–H groups in total. The smallest absolute Gasteiger partial charge is 0.261 e. The summed E-state index contributed by atoms with van der Waals surface area (Å²) in [5, 5.41) is 3.01. The molecular weight excluding hydrogens is 348 g/mol. The predicted molar refractivity (Wildman–Crippen MR) is 113 cm³/mol. The van der Waals surface area contributed by atoms with Gasteiger partial charge in [0.2, 0.25) is 0 Å². The average Bonchev–Trinajstić information content (AvgIpc) is 3.24. The lowest BCUT2D eigenvalue weighted by molar-refractivity contribution is -0.128. The van der Waals surface area contributed by atoms with Crippen molar-refractivity contribution in [3.63, 3.8) is 0 Å². The van der Waals surface area contributed by atoms with Crippen LogP contribution < -0.4 is 10.1 Å². The molecule has 150 valence electrons. The lowest BCUT2D eigenvalue weighted by atomic mass is 10.1. The molecular formula is C24H32N2O2. The third kappa shape index (κ3) is 5.83. The Labute approximate surface area is 168 Å². The van der Waals surface area contributed by atoms with Crippen molar-refractivity contribution < 1.29 is 9.53 Å². The van der Waals surface area contributed by atoms with Crippen LogP contribution in [0.2, 0.25) is 0 Å². The molecule has 1 saturated heterocycles. The monoisotopic (exact) mass is 380 g/mol. The van der Waals surface area contributed by atoms with Crippen LogP contribution in [0.1, 0.15) is 49.8 Å². The summed E-state index contributed by atoms with van der Waals surface area (Å²) in [6.07, 6.45) is 3.79. The van der Waals surface area contributed by atoms with Crippen LogP contribution in [-0.2, 0) is 24.3 Å². The van der Waals surface area contributed by atoms with E-state index in [1.165, 1.54) is 37.1 Å². The van der Waals surface area contributed by atoms with Crippen molar-refractivity contribution >= 4 is 5.91 Å². The van der Waals surface area contributed by atoms with Gasteiger partial charge in [-0.15, -0.1) is 0 Å². The van der Waals surface area contributed by atoms with E-state index in [1.807, 2.05) is 31.2 Å². The van der Waals surface area contributed by atoms with Crippen molar-refractivity contribution in [3.05, 3.63) is 65.2 Å². The third-order valence-electron chi connectivity index (χ3n) is 5.37. The van der Waals surface area contributed by atoms with Crippen LogP contribution in [0.25, 0.3) is 0 Å². The standard InChI is InChI=1S/C24H32N2O2/c1-3-19-11-13-22(14-12-19)28-23(4-2)24(27)25-17-20-7-9-21(10-8-20)18-26-15-5-6-16-26/h7-14,23H,3-6,15-18H2,1-2H3,(H,25,27)/t23-/m0/s1. The second kappa shape index (κ2) is 10.3. The summed E-state index contributed by atoms with van der Waals surface area (Å²) in [5.41, 5.74) is 3.71. The number of likely N-dealkylation sites (tertiary alicyclic amines) is 1. The Morgan fingerprint density at radius 3 is 2.18 bits per heavy atom. The molecule has 0 radical (unpaired) electrons. The lowest BCUT2D eigenvalue weighted by Crippen LogP contribution is -2.37. The van der Waals surface area contributed by atoms with E-state index in [2.05, 4.69) is 41.4 Å². The zero-order chi connectivity index (χ0) is 19.8. The highest BCUT2D eigenvalue weighted by atomic mass is 16.5. The summed E-state index contributed by atoms with van der Waals surface area (Å²) in [6, 6.07) is 16.5. The van der Waals surface area contributed by atoms with E-state index < -0.39 is 6.10 Å². The van der Waals surface area contributed by atoms with Crippen molar-refractivity contribution in [2.45, 2.75) is 58.7 Å². The molecule has 1 amide bonds. The van der Waals surface area contributed by atoms with Gasteiger partial charge in [-0.1, -0.05) is 50.2 Å². The SMILES string of the molecule is CCc1ccc(O[C@@H](CC)C(=O)NCc2ccc(CN3CCCC3)cc2)cc1. The Balaban J connectivity index is 1.48. The summed E-state index contributed by atoms with van der Waals surface area (Å²) in [7, 11) is 0. The molecule has 0 unspecified atom stereocenters. The number of rotatable bonds is 9. The number of ether oxygens (including phenoxy) is 1. The normalized spacial score (nSPS) is 15.4. The number of hydrogen-bond donors (Lipinski definition) is 1. The summed E-state index contributed by atoms with van der Waals surface area (Å²) in [6.45, 7) is 8.05. The zero-order valence-electron chi connectivity index (χ0n) is 17.1. The number of aryl methyl sites for hydroxylation is 1. The molecule has 0 bridgehead atoms. The average molecular weight is 381 g/mol. The quantitative estimate of drug-likeness (QED) is 0.704. The molecule has 3 rings (SSSR count). The molecule has 1 atom stereocenters. The number of hydrogen-bond acceptors (Lipinski definition) is 3. The minimum Gasteiger partial charge on any atom is -0.481 e. The molecule has 0 aromatic heterocycles. The molecule has 1 aliphatic heterocycles. The molecule has 2 aromatic rings. The largest absolute Gasteiger partial charge is 0.481 e. The highest BCUT2D eigenvalue weighted by molar-refractivity contribution is 5.81. The zero-order valence-corrected chi connectivity index (χ0v) is 17.1. The molecule has 1 aliphatic rings. The van der Waals surface area contributed by atoms with E-state index in [4.69, 9.17) is 4.74 Å². The molecule has 0 saturated carbocycles. The first kappa shape index (κ1) is 20.4. The van der Waals surface area contributed by atoms with Crippen LogP contribution in [0.3, 0.4) is 0 Å². The van der Waals surface area contributed by atoms with Crippen LogP contribution in [0.4, 0.5) is 0 Å². The highest BCUT2D eigenvalue weighted by Gasteiger charge is 2.18. The van der Waals surface area contributed by atoms with Gasteiger partial charge in [0, 0.05) is 13.1 Å². The van der Waals surface area contributed by atoms with Gasteiger partial charge in [0.1, 0.15) is 5.75 Å². The summed E-state index contributed by atoms with van der Waals surface area (Å²) in [5.74, 6) is 0.675. The Bertz CT molecular complexity index is 734. The fraction of sp³-hybridized carbons (Fsp3) is 0.458. The summed E-state index contributed by atoms with van der Waals surface area (Å²) in [4.78, 5) is 15.0. The number of nitrogens with one attached hydrogen (secondary N) is 1. The van der Waals surface area contributed by atoms with Crippen molar-refractivity contribution in [1.29, 1.82) is 0 Å². The van der Waals surface area contributed by atoms with E-state index >= 15 is 0 Å². The minimum atomic E-state index is -0.470. The van der Waals surface area contributed by atoms with E-state index in [-0.39, 0.29) is 5.91 Å². The van der Waals surface area contributed by atoms with Crippen LogP contribution >= 0.6 is 0 Å². The van der Waals surface area contributed by atoms with Gasteiger partial charge < -0.3 is 10.1 Å². The van der Waals surface area contributed by atoms with Crippen molar-refractivity contribution in [2.75, 3.05) is 13.1 Å². The molecule has 4 nitrogen and oxygen atoms in total. The topological polar surface area (TPSA) is 41.6 Å². The van der Waals surface area contributed by atoms with Crippen LogP contribution in [-0.4, -0.2) is 30.0 Å². The Hall–Kier alpha value is -2.33. The fourth-order valence-electron chi connectivity index (χ4n) is 3.55. The molecule has 1 fully saturated rings. The third-order valence-corrected chi connectivity index (χ3v) is 5.37. The van der Waals surface area contributed by atoms with E-state index in [1.54, 1.807) is 0 Å². The number of benzene rings is 2. The maximum atomic E-state index is 12.5. The first-order valence-electron chi connectivity index (χ1n) is 10.5. The van der Waals surface area contributed by atoms with E-state index in [0.717, 1.165) is 24.3 Å². The van der Waals surface area contributed by atoms with Gasteiger partial charge in [0.15, 0.2) is 6.10 Å². The van der Waals surface area contributed by atoms with Crippen LogP contribution in [0.5, 0.6) is 5.75 Å². The van der Waals surface area contributed by atoms with Gasteiger partial charge in [0.05, 0.1) is 0 Å². The maximum absolute atomic E-state index is 12.5. The second-order valence-electron chi connectivity index (χ2n) is 7.53. The van der Waals surface area contributed by atoms with Crippen LogP contribution in [0.15, 0.2) is 48.5 Å².